The summed E-state index contributed by atoms with van der Waals surface area (Å²) in [6, 6.07) is 3.62. The molecule has 19 heavy (non-hydrogen) atoms. The Hall–Kier alpha value is -1.72. The van der Waals surface area contributed by atoms with Gasteiger partial charge in [-0.15, -0.1) is 0 Å². The van der Waals surface area contributed by atoms with Gasteiger partial charge in [0.15, 0.2) is 0 Å². The van der Waals surface area contributed by atoms with Crippen molar-refractivity contribution in [2.45, 2.75) is 19.5 Å². The van der Waals surface area contributed by atoms with Gasteiger partial charge in [0.05, 0.1) is 16.8 Å². The van der Waals surface area contributed by atoms with Crippen LogP contribution in [0.4, 0.5) is 18.9 Å². The topological polar surface area (TPSA) is 32.3 Å². The third kappa shape index (κ3) is 3.62. The van der Waals surface area contributed by atoms with Crippen LogP contribution in [0.2, 0.25) is 0 Å². The van der Waals surface area contributed by atoms with E-state index in [0.29, 0.717) is 13.0 Å². The molecule has 0 fully saturated rings. The minimum atomic E-state index is -4.49. The lowest BCUT2D eigenvalue weighted by atomic mass is 10.1. The molecule has 3 nitrogen and oxygen atoms in total. The molecule has 1 aromatic rings. The van der Waals surface area contributed by atoms with Gasteiger partial charge in [-0.25, -0.2) is 0 Å². The SMILES string of the molecule is CCCNc1c(C(=O)N(C)C)cccc1C(F)(F)F. The zero-order valence-electron chi connectivity index (χ0n) is 11.1. The first kappa shape index (κ1) is 15.3. The summed E-state index contributed by atoms with van der Waals surface area (Å²) >= 11 is 0. The lowest BCUT2D eigenvalue weighted by Gasteiger charge is -2.19. The van der Waals surface area contributed by atoms with Crippen LogP contribution >= 0.6 is 0 Å². The van der Waals surface area contributed by atoms with E-state index >= 15 is 0 Å². The largest absolute Gasteiger partial charge is 0.418 e. The Bertz CT molecular complexity index is 456. The van der Waals surface area contributed by atoms with Gasteiger partial charge in [0.2, 0.25) is 0 Å². The molecule has 0 unspecified atom stereocenters. The third-order valence-corrected chi connectivity index (χ3v) is 2.56. The van der Waals surface area contributed by atoms with Gasteiger partial charge in [-0.1, -0.05) is 13.0 Å². The molecule has 0 aliphatic heterocycles. The van der Waals surface area contributed by atoms with Gasteiger partial charge in [0.25, 0.3) is 5.91 Å². The zero-order valence-corrected chi connectivity index (χ0v) is 11.1. The highest BCUT2D eigenvalue weighted by Crippen LogP contribution is 2.36. The predicted octanol–water partition coefficient (Wildman–Crippen LogP) is 3.23. The monoisotopic (exact) mass is 274 g/mol. The number of para-hydroxylation sites is 1. The number of carbonyl (C=O) groups excluding carboxylic acids is 1. The molecule has 1 rings (SSSR count). The Morgan fingerprint density at radius 2 is 1.95 bits per heavy atom. The van der Waals surface area contributed by atoms with Gasteiger partial charge in [-0.05, 0) is 18.6 Å². The molecule has 1 aromatic carbocycles. The predicted molar refractivity (Wildman–Crippen MR) is 68.2 cm³/mol. The van der Waals surface area contributed by atoms with Crippen molar-refractivity contribution in [2.75, 3.05) is 26.0 Å². The molecule has 0 atom stereocenters. The number of hydrogen-bond acceptors (Lipinski definition) is 2. The third-order valence-electron chi connectivity index (χ3n) is 2.56. The summed E-state index contributed by atoms with van der Waals surface area (Å²) in [5.74, 6) is -0.454. The first-order valence-corrected chi connectivity index (χ1v) is 5.94. The second-order valence-electron chi connectivity index (χ2n) is 4.35. The molecule has 0 aliphatic rings. The second-order valence-corrected chi connectivity index (χ2v) is 4.35. The Kier molecular flexibility index (Phi) is 4.80. The van der Waals surface area contributed by atoms with Gasteiger partial charge in [-0.3, -0.25) is 4.79 Å². The smallest absolute Gasteiger partial charge is 0.384 e. The van der Waals surface area contributed by atoms with E-state index in [9.17, 15) is 18.0 Å². The molecular formula is C13H17F3N2O. The Balaban J connectivity index is 3.34. The highest BCUT2D eigenvalue weighted by Gasteiger charge is 2.35. The number of carbonyl (C=O) groups is 1. The first-order chi connectivity index (χ1) is 8.79. The van der Waals surface area contributed by atoms with Crippen molar-refractivity contribution in [3.63, 3.8) is 0 Å². The van der Waals surface area contributed by atoms with E-state index in [4.69, 9.17) is 0 Å². The Labute approximate surface area is 110 Å². The number of anilines is 1. The van der Waals surface area contributed by atoms with Crippen LogP contribution in [0.25, 0.3) is 0 Å². The second kappa shape index (κ2) is 5.95. The molecule has 0 radical (unpaired) electrons. The van der Waals surface area contributed by atoms with Crippen LogP contribution in [-0.2, 0) is 6.18 Å². The molecule has 0 bridgehead atoms. The lowest BCUT2D eigenvalue weighted by Crippen LogP contribution is -2.24. The molecule has 106 valence electrons. The van der Waals surface area contributed by atoms with Gasteiger partial charge >= 0.3 is 6.18 Å². The number of amides is 1. The molecule has 1 N–H and O–H groups in total. The highest BCUT2D eigenvalue weighted by molar-refractivity contribution is 6.00. The zero-order chi connectivity index (χ0) is 14.6. The number of nitrogens with zero attached hydrogens (tertiary/aromatic N) is 1. The standard InChI is InChI=1S/C13H17F3N2O/c1-4-8-17-11-9(12(19)18(2)3)6-5-7-10(11)13(14,15)16/h5-7,17H,4,8H2,1-3H3. The fourth-order valence-electron chi connectivity index (χ4n) is 1.65. The number of rotatable bonds is 4. The van der Waals surface area contributed by atoms with Gasteiger partial charge in [0, 0.05) is 20.6 Å². The summed E-state index contributed by atoms with van der Waals surface area (Å²) in [6.07, 6.45) is -3.82. The molecule has 0 aromatic heterocycles. The van der Waals surface area contributed by atoms with E-state index in [-0.39, 0.29) is 11.3 Å². The molecule has 0 saturated carbocycles. The Morgan fingerprint density at radius 3 is 2.42 bits per heavy atom. The van der Waals surface area contributed by atoms with E-state index in [0.717, 1.165) is 6.07 Å². The quantitative estimate of drug-likeness (QED) is 0.914. The summed E-state index contributed by atoms with van der Waals surface area (Å²) in [6.45, 7) is 2.22. The molecule has 0 aliphatic carbocycles. The maximum Gasteiger partial charge on any atom is 0.418 e. The fourth-order valence-corrected chi connectivity index (χ4v) is 1.65. The van der Waals surface area contributed by atoms with E-state index in [1.54, 1.807) is 0 Å². The Morgan fingerprint density at radius 1 is 1.32 bits per heavy atom. The van der Waals surface area contributed by atoms with Gasteiger partial charge in [-0.2, -0.15) is 13.2 Å². The van der Waals surface area contributed by atoms with Crippen molar-refractivity contribution in [1.82, 2.24) is 4.90 Å². The van der Waals surface area contributed by atoms with Crippen LogP contribution in [0, 0.1) is 0 Å². The molecule has 0 spiro atoms. The van der Waals surface area contributed by atoms with Crippen molar-refractivity contribution < 1.29 is 18.0 Å². The van der Waals surface area contributed by atoms with Crippen molar-refractivity contribution >= 4 is 11.6 Å². The normalized spacial score (nSPS) is 11.3. The summed E-state index contributed by atoms with van der Waals surface area (Å²) in [5, 5.41) is 2.71. The van der Waals surface area contributed by atoms with E-state index in [2.05, 4.69) is 5.32 Å². The number of halogens is 3. The number of nitrogens with one attached hydrogen (secondary N) is 1. The fraction of sp³-hybridized carbons (Fsp3) is 0.462. The maximum atomic E-state index is 13.0. The van der Waals surface area contributed by atoms with E-state index in [1.165, 1.54) is 31.1 Å². The van der Waals surface area contributed by atoms with Crippen LogP contribution < -0.4 is 5.32 Å². The molecular weight excluding hydrogens is 257 g/mol. The number of hydrogen-bond donors (Lipinski definition) is 1. The lowest BCUT2D eigenvalue weighted by molar-refractivity contribution is -0.137. The molecule has 6 heteroatoms. The first-order valence-electron chi connectivity index (χ1n) is 5.94. The van der Waals surface area contributed by atoms with Crippen molar-refractivity contribution in [1.29, 1.82) is 0 Å². The van der Waals surface area contributed by atoms with E-state index in [1.807, 2.05) is 6.92 Å². The summed E-state index contributed by atoms with van der Waals surface area (Å²) in [5.41, 5.74) is -0.919. The van der Waals surface area contributed by atoms with Crippen molar-refractivity contribution in [3.8, 4) is 0 Å². The molecule has 1 amide bonds. The highest BCUT2D eigenvalue weighted by atomic mass is 19.4. The van der Waals surface area contributed by atoms with Crippen LogP contribution in [0.3, 0.4) is 0 Å². The number of alkyl halides is 3. The maximum absolute atomic E-state index is 13.0. The number of benzene rings is 1. The van der Waals surface area contributed by atoms with Crippen LogP contribution in [0.15, 0.2) is 18.2 Å². The molecule has 0 heterocycles. The van der Waals surface area contributed by atoms with Gasteiger partial charge in [0.1, 0.15) is 0 Å². The van der Waals surface area contributed by atoms with Crippen LogP contribution in [-0.4, -0.2) is 31.4 Å². The van der Waals surface area contributed by atoms with Crippen molar-refractivity contribution in [3.05, 3.63) is 29.3 Å². The van der Waals surface area contributed by atoms with Crippen LogP contribution in [0.1, 0.15) is 29.3 Å². The summed E-state index contributed by atoms with van der Waals surface area (Å²) < 4.78 is 38.9. The van der Waals surface area contributed by atoms with Crippen molar-refractivity contribution in [2.24, 2.45) is 0 Å². The minimum absolute atomic E-state index is 0.0354. The summed E-state index contributed by atoms with van der Waals surface area (Å²) in [4.78, 5) is 13.2. The van der Waals surface area contributed by atoms with Crippen LogP contribution in [0.5, 0.6) is 0 Å². The average Bonchev–Trinajstić information content (AvgIpc) is 2.33. The van der Waals surface area contributed by atoms with E-state index < -0.39 is 17.6 Å². The summed E-state index contributed by atoms with van der Waals surface area (Å²) in [7, 11) is 3.01. The molecule has 0 saturated heterocycles. The minimum Gasteiger partial charge on any atom is -0.384 e. The average molecular weight is 274 g/mol. The van der Waals surface area contributed by atoms with Gasteiger partial charge < -0.3 is 10.2 Å².